The van der Waals surface area contributed by atoms with Gasteiger partial charge in [-0.15, -0.1) is 10.2 Å². The number of ether oxygens (including phenoxy) is 2. The van der Waals surface area contributed by atoms with E-state index in [2.05, 4.69) is 20.1 Å². The number of benzene rings is 1. The zero-order valence-electron chi connectivity index (χ0n) is 14.0. The Kier molecular flexibility index (Phi) is 4.98. The summed E-state index contributed by atoms with van der Waals surface area (Å²) in [4.78, 5) is 12.5. The van der Waals surface area contributed by atoms with E-state index in [-0.39, 0.29) is 5.91 Å². The standard InChI is InChI=1S/C17H22N4O3/c1-23-13-8-6-7-12(16(13)24-2)17(22)18-11-15-20-19-14-9-4-3-5-10-21(14)15/h6-8H,3-5,9-11H2,1-2H3,(H,18,22). The van der Waals surface area contributed by atoms with Gasteiger partial charge in [-0.3, -0.25) is 4.79 Å². The Hall–Kier alpha value is -2.57. The number of nitrogens with zero attached hydrogens (tertiary/aromatic N) is 3. The first-order valence-corrected chi connectivity index (χ1v) is 8.14. The number of nitrogens with one attached hydrogen (secondary N) is 1. The van der Waals surface area contributed by atoms with Crippen molar-refractivity contribution in [3.63, 3.8) is 0 Å². The van der Waals surface area contributed by atoms with Crippen molar-refractivity contribution in [2.45, 2.75) is 38.8 Å². The molecular formula is C17H22N4O3. The zero-order chi connectivity index (χ0) is 16.9. The predicted octanol–water partition coefficient (Wildman–Crippen LogP) is 1.95. The lowest BCUT2D eigenvalue weighted by Gasteiger charge is -2.13. The average molecular weight is 330 g/mol. The van der Waals surface area contributed by atoms with Crippen molar-refractivity contribution < 1.29 is 14.3 Å². The van der Waals surface area contributed by atoms with Crippen LogP contribution in [0, 0.1) is 0 Å². The van der Waals surface area contributed by atoms with Crippen molar-refractivity contribution in [3.8, 4) is 11.5 Å². The lowest BCUT2D eigenvalue weighted by atomic mass is 10.1. The third kappa shape index (κ3) is 3.20. The molecule has 24 heavy (non-hydrogen) atoms. The molecule has 1 aromatic heterocycles. The number of aromatic nitrogens is 3. The van der Waals surface area contributed by atoms with Crippen molar-refractivity contribution >= 4 is 5.91 Å². The first-order chi connectivity index (χ1) is 11.7. The molecule has 3 rings (SSSR count). The normalized spacial score (nSPS) is 13.8. The third-order valence-electron chi connectivity index (χ3n) is 4.24. The summed E-state index contributed by atoms with van der Waals surface area (Å²) in [6.07, 6.45) is 4.42. The summed E-state index contributed by atoms with van der Waals surface area (Å²) in [5.74, 6) is 2.54. The van der Waals surface area contributed by atoms with Crippen molar-refractivity contribution in [3.05, 3.63) is 35.4 Å². The molecule has 2 heterocycles. The van der Waals surface area contributed by atoms with Gasteiger partial charge in [0.25, 0.3) is 5.91 Å². The Balaban J connectivity index is 1.74. The summed E-state index contributed by atoms with van der Waals surface area (Å²) in [7, 11) is 3.07. The van der Waals surface area contributed by atoms with Crippen LogP contribution in [0.4, 0.5) is 0 Å². The van der Waals surface area contributed by atoms with E-state index in [1.54, 1.807) is 25.3 Å². The summed E-state index contributed by atoms with van der Waals surface area (Å²) in [6, 6.07) is 5.23. The quantitative estimate of drug-likeness (QED) is 0.906. The van der Waals surface area contributed by atoms with Crippen molar-refractivity contribution in [1.82, 2.24) is 20.1 Å². The van der Waals surface area contributed by atoms with E-state index in [9.17, 15) is 4.79 Å². The van der Waals surface area contributed by atoms with Gasteiger partial charge < -0.3 is 19.4 Å². The number of rotatable bonds is 5. The van der Waals surface area contributed by atoms with Gasteiger partial charge in [0.05, 0.1) is 26.3 Å². The highest BCUT2D eigenvalue weighted by Crippen LogP contribution is 2.30. The van der Waals surface area contributed by atoms with Crippen molar-refractivity contribution in [2.24, 2.45) is 0 Å². The van der Waals surface area contributed by atoms with Gasteiger partial charge >= 0.3 is 0 Å². The third-order valence-corrected chi connectivity index (χ3v) is 4.24. The summed E-state index contributed by atoms with van der Waals surface area (Å²) in [5.41, 5.74) is 0.437. The van der Waals surface area contributed by atoms with E-state index in [1.165, 1.54) is 13.5 Å². The Labute approximate surface area is 141 Å². The fourth-order valence-corrected chi connectivity index (χ4v) is 3.00. The molecule has 0 saturated carbocycles. The summed E-state index contributed by atoms with van der Waals surface area (Å²) in [6.45, 7) is 1.25. The summed E-state index contributed by atoms with van der Waals surface area (Å²) >= 11 is 0. The highest BCUT2D eigenvalue weighted by atomic mass is 16.5. The maximum absolute atomic E-state index is 12.5. The molecular weight excluding hydrogens is 308 g/mol. The van der Waals surface area contributed by atoms with Crippen LogP contribution in [0.3, 0.4) is 0 Å². The predicted molar refractivity (Wildman–Crippen MR) is 88.3 cm³/mol. The van der Waals surface area contributed by atoms with E-state index >= 15 is 0 Å². The zero-order valence-corrected chi connectivity index (χ0v) is 14.0. The van der Waals surface area contributed by atoms with Crippen LogP contribution in [0.5, 0.6) is 11.5 Å². The maximum Gasteiger partial charge on any atom is 0.255 e. The molecule has 1 aromatic carbocycles. The Morgan fingerprint density at radius 1 is 1.21 bits per heavy atom. The molecule has 0 spiro atoms. The van der Waals surface area contributed by atoms with Gasteiger partial charge in [-0.2, -0.15) is 0 Å². The van der Waals surface area contributed by atoms with Gasteiger partial charge in [0.2, 0.25) is 0 Å². The number of methoxy groups -OCH3 is 2. The molecule has 1 amide bonds. The van der Waals surface area contributed by atoms with Crippen LogP contribution in [0.1, 0.15) is 41.3 Å². The molecule has 1 N–H and O–H groups in total. The Morgan fingerprint density at radius 2 is 2.08 bits per heavy atom. The summed E-state index contributed by atoms with van der Waals surface area (Å²) in [5, 5.41) is 11.4. The van der Waals surface area contributed by atoms with E-state index in [0.29, 0.717) is 23.6 Å². The lowest BCUT2D eigenvalue weighted by Crippen LogP contribution is -2.25. The number of fused-ring (bicyclic) bond motifs is 1. The molecule has 1 aliphatic rings. The number of carbonyl (C=O) groups excluding carboxylic acids is 1. The number of hydrogen-bond acceptors (Lipinski definition) is 5. The number of hydrogen-bond donors (Lipinski definition) is 1. The SMILES string of the molecule is COc1cccc(C(=O)NCc2nnc3n2CCCCC3)c1OC. The number of amides is 1. The second-order valence-corrected chi connectivity index (χ2v) is 5.72. The second kappa shape index (κ2) is 7.33. The molecule has 0 radical (unpaired) electrons. The largest absolute Gasteiger partial charge is 0.493 e. The molecule has 7 heteroatoms. The molecule has 128 valence electrons. The van der Waals surface area contributed by atoms with Crippen LogP contribution in [0.2, 0.25) is 0 Å². The van der Waals surface area contributed by atoms with Gasteiger partial charge in [-0.05, 0) is 25.0 Å². The van der Waals surface area contributed by atoms with E-state index in [1.807, 2.05) is 0 Å². The minimum absolute atomic E-state index is 0.225. The number of carbonyl (C=O) groups is 1. The molecule has 0 aliphatic carbocycles. The molecule has 0 bridgehead atoms. The highest BCUT2D eigenvalue weighted by Gasteiger charge is 2.18. The van der Waals surface area contributed by atoms with Crippen LogP contribution in [0.15, 0.2) is 18.2 Å². The molecule has 0 fully saturated rings. The molecule has 1 aliphatic heterocycles. The fraction of sp³-hybridized carbons (Fsp3) is 0.471. The Bertz CT molecular complexity index is 727. The average Bonchev–Trinajstić information content (AvgIpc) is 2.85. The van der Waals surface area contributed by atoms with E-state index < -0.39 is 0 Å². The topological polar surface area (TPSA) is 78.3 Å². The smallest absolute Gasteiger partial charge is 0.255 e. The van der Waals surface area contributed by atoms with Gasteiger partial charge in [0, 0.05) is 13.0 Å². The minimum atomic E-state index is -0.225. The van der Waals surface area contributed by atoms with Gasteiger partial charge in [0.15, 0.2) is 17.3 Å². The first kappa shape index (κ1) is 16.3. The first-order valence-electron chi connectivity index (χ1n) is 8.14. The molecule has 2 aromatic rings. The van der Waals surface area contributed by atoms with Crippen LogP contribution in [0.25, 0.3) is 0 Å². The molecule has 0 atom stereocenters. The van der Waals surface area contributed by atoms with Gasteiger partial charge in [-0.1, -0.05) is 12.5 Å². The fourth-order valence-electron chi connectivity index (χ4n) is 3.00. The molecule has 0 unspecified atom stereocenters. The maximum atomic E-state index is 12.5. The molecule has 7 nitrogen and oxygen atoms in total. The minimum Gasteiger partial charge on any atom is -0.493 e. The highest BCUT2D eigenvalue weighted by molar-refractivity contribution is 5.97. The van der Waals surface area contributed by atoms with Gasteiger partial charge in [0.1, 0.15) is 5.82 Å². The van der Waals surface area contributed by atoms with Crippen molar-refractivity contribution in [1.29, 1.82) is 0 Å². The summed E-state index contributed by atoms with van der Waals surface area (Å²) < 4.78 is 12.7. The van der Waals surface area contributed by atoms with E-state index in [4.69, 9.17) is 9.47 Å². The lowest BCUT2D eigenvalue weighted by molar-refractivity contribution is 0.0945. The van der Waals surface area contributed by atoms with Crippen LogP contribution in [-0.2, 0) is 19.5 Å². The monoisotopic (exact) mass is 330 g/mol. The van der Waals surface area contributed by atoms with Gasteiger partial charge in [-0.25, -0.2) is 0 Å². The number of aryl methyl sites for hydroxylation is 1. The van der Waals surface area contributed by atoms with Crippen LogP contribution in [-0.4, -0.2) is 34.9 Å². The molecule has 0 saturated heterocycles. The van der Waals surface area contributed by atoms with Crippen LogP contribution >= 0.6 is 0 Å². The second-order valence-electron chi connectivity index (χ2n) is 5.72. The van der Waals surface area contributed by atoms with Crippen molar-refractivity contribution in [2.75, 3.05) is 14.2 Å². The van der Waals surface area contributed by atoms with Crippen LogP contribution < -0.4 is 14.8 Å². The van der Waals surface area contributed by atoms with E-state index in [0.717, 1.165) is 37.5 Å². The number of para-hydroxylation sites is 1. The Morgan fingerprint density at radius 3 is 2.88 bits per heavy atom.